The van der Waals surface area contributed by atoms with E-state index in [1.165, 1.54) is 51.4 Å². The lowest BCUT2D eigenvalue weighted by molar-refractivity contribution is -0.152. The molecule has 120 valence electrons. The maximum absolute atomic E-state index is 12.0. The van der Waals surface area contributed by atoms with E-state index in [-0.39, 0.29) is 0 Å². The van der Waals surface area contributed by atoms with Gasteiger partial charge >= 0.3 is 5.97 Å². The predicted molar refractivity (Wildman–Crippen MR) is 84.3 cm³/mol. The van der Waals surface area contributed by atoms with Crippen molar-refractivity contribution in [2.45, 2.75) is 83.1 Å². The zero-order valence-electron chi connectivity index (χ0n) is 13.4. The van der Waals surface area contributed by atoms with Crippen molar-refractivity contribution in [1.29, 1.82) is 0 Å². The number of nitrogens with zero attached hydrogens (tertiary/aromatic N) is 1. The van der Waals surface area contributed by atoms with Crippen LogP contribution in [0.3, 0.4) is 0 Å². The Morgan fingerprint density at radius 2 is 1.62 bits per heavy atom. The van der Waals surface area contributed by atoms with Gasteiger partial charge in [-0.1, -0.05) is 38.5 Å². The molecule has 0 aromatic rings. The standard InChI is InChI=1S/C18H31NO2/c20-17(21)18(11-5-1-2-6-12-18)14-19-13-7-9-15-8-3-4-10-16(15)19/h15-16H,1-14H2,(H,20,21). The van der Waals surface area contributed by atoms with E-state index in [9.17, 15) is 9.90 Å². The molecule has 2 atom stereocenters. The van der Waals surface area contributed by atoms with Crippen molar-refractivity contribution >= 4 is 5.97 Å². The maximum Gasteiger partial charge on any atom is 0.310 e. The topological polar surface area (TPSA) is 40.5 Å². The summed E-state index contributed by atoms with van der Waals surface area (Å²) in [4.78, 5) is 14.6. The van der Waals surface area contributed by atoms with Gasteiger partial charge in [0.1, 0.15) is 0 Å². The van der Waals surface area contributed by atoms with Gasteiger partial charge in [-0.05, 0) is 51.0 Å². The number of aliphatic carboxylic acids is 1. The molecule has 3 heteroatoms. The summed E-state index contributed by atoms with van der Waals surface area (Å²) in [5.74, 6) is 0.325. The lowest BCUT2D eigenvalue weighted by atomic mass is 9.75. The Morgan fingerprint density at radius 3 is 2.33 bits per heavy atom. The number of carbonyl (C=O) groups is 1. The Balaban J connectivity index is 1.73. The number of carboxylic acids is 1. The van der Waals surface area contributed by atoms with Crippen LogP contribution in [0.5, 0.6) is 0 Å². The molecule has 21 heavy (non-hydrogen) atoms. The Bertz CT molecular complexity index is 358. The van der Waals surface area contributed by atoms with E-state index in [4.69, 9.17) is 0 Å². The van der Waals surface area contributed by atoms with Crippen molar-refractivity contribution in [3.63, 3.8) is 0 Å². The number of carboxylic acid groups (broad SMARTS) is 1. The molecule has 1 N–H and O–H groups in total. The molecule has 2 aliphatic carbocycles. The second-order valence-electron chi connectivity index (χ2n) is 7.72. The Labute approximate surface area is 129 Å². The lowest BCUT2D eigenvalue weighted by Gasteiger charge is -2.47. The first-order valence-electron chi connectivity index (χ1n) is 9.19. The molecule has 1 heterocycles. The smallest absolute Gasteiger partial charge is 0.310 e. The summed E-state index contributed by atoms with van der Waals surface area (Å²) in [6.45, 7) is 1.96. The van der Waals surface area contributed by atoms with Gasteiger partial charge in [-0.15, -0.1) is 0 Å². The van der Waals surface area contributed by atoms with E-state index >= 15 is 0 Å². The average Bonchev–Trinajstić information content (AvgIpc) is 2.74. The van der Waals surface area contributed by atoms with E-state index in [1.807, 2.05) is 0 Å². The number of fused-ring (bicyclic) bond motifs is 1. The average molecular weight is 293 g/mol. The Hall–Kier alpha value is -0.570. The first-order chi connectivity index (χ1) is 10.2. The summed E-state index contributed by atoms with van der Waals surface area (Å²) in [7, 11) is 0. The highest BCUT2D eigenvalue weighted by molar-refractivity contribution is 5.75. The number of likely N-dealkylation sites (tertiary alicyclic amines) is 1. The van der Waals surface area contributed by atoms with Crippen molar-refractivity contribution in [3.05, 3.63) is 0 Å². The van der Waals surface area contributed by atoms with Crippen LogP contribution in [0.1, 0.15) is 77.0 Å². The highest BCUT2D eigenvalue weighted by atomic mass is 16.4. The van der Waals surface area contributed by atoms with Gasteiger partial charge in [0, 0.05) is 12.6 Å². The molecule has 3 aliphatic rings. The number of hydrogen-bond donors (Lipinski definition) is 1. The molecule has 0 spiro atoms. The minimum Gasteiger partial charge on any atom is -0.481 e. The summed E-state index contributed by atoms with van der Waals surface area (Å²) >= 11 is 0. The van der Waals surface area contributed by atoms with E-state index in [0.717, 1.165) is 44.7 Å². The largest absolute Gasteiger partial charge is 0.481 e. The molecule has 2 saturated carbocycles. The summed E-state index contributed by atoms with van der Waals surface area (Å²) in [6.07, 6.45) is 14.5. The molecule has 0 radical (unpaired) electrons. The number of hydrogen-bond acceptors (Lipinski definition) is 2. The summed E-state index contributed by atoms with van der Waals surface area (Å²) in [5.41, 5.74) is -0.449. The lowest BCUT2D eigenvalue weighted by Crippen LogP contribution is -2.52. The summed E-state index contributed by atoms with van der Waals surface area (Å²) < 4.78 is 0. The van der Waals surface area contributed by atoms with Crippen molar-refractivity contribution in [2.75, 3.05) is 13.1 Å². The Morgan fingerprint density at radius 1 is 0.952 bits per heavy atom. The van der Waals surface area contributed by atoms with Crippen LogP contribution >= 0.6 is 0 Å². The zero-order valence-corrected chi connectivity index (χ0v) is 13.4. The summed E-state index contributed by atoms with van der Waals surface area (Å²) in [6, 6.07) is 0.687. The highest BCUT2D eigenvalue weighted by Gasteiger charge is 2.43. The quantitative estimate of drug-likeness (QED) is 0.798. The molecule has 0 amide bonds. The van der Waals surface area contributed by atoms with Crippen LogP contribution in [-0.4, -0.2) is 35.1 Å². The molecular formula is C18H31NO2. The van der Waals surface area contributed by atoms with E-state index in [1.54, 1.807) is 0 Å². The Kier molecular flexibility index (Phi) is 4.88. The number of piperidine rings is 1. The molecule has 1 aliphatic heterocycles. The van der Waals surface area contributed by atoms with Crippen LogP contribution in [0.15, 0.2) is 0 Å². The molecule has 2 unspecified atom stereocenters. The molecule has 0 aromatic carbocycles. The fourth-order valence-corrected chi connectivity index (χ4v) is 5.16. The molecule has 3 rings (SSSR count). The maximum atomic E-state index is 12.0. The fraction of sp³-hybridized carbons (Fsp3) is 0.944. The molecule has 1 saturated heterocycles. The molecular weight excluding hydrogens is 262 g/mol. The van der Waals surface area contributed by atoms with Gasteiger partial charge in [0.2, 0.25) is 0 Å². The van der Waals surface area contributed by atoms with Crippen LogP contribution in [0.4, 0.5) is 0 Å². The molecule has 0 bridgehead atoms. The van der Waals surface area contributed by atoms with Crippen LogP contribution in [-0.2, 0) is 4.79 Å². The molecule has 0 aromatic heterocycles. The third-order valence-corrected chi connectivity index (χ3v) is 6.38. The second kappa shape index (κ2) is 6.68. The van der Waals surface area contributed by atoms with Crippen LogP contribution in [0.2, 0.25) is 0 Å². The van der Waals surface area contributed by atoms with E-state index < -0.39 is 11.4 Å². The van der Waals surface area contributed by atoms with Crippen LogP contribution in [0, 0.1) is 11.3 Å². The third kappa shape index (κ3) is 3.28. The third-order valence-electron chi connectivity index (χ3n) is 6.38. The second-order valence-corrected chi connectivity index (χ2v) is 7.72. The first kappa shape index (κ1) is 15.3. The predicted octanol–water partition coefficient (Wildman–Crippen LogP) is 4.07. The first-order valence-corrected chi connectivity index (χ1v) is 9.19. The van der Waals surface area contributed by atoms with Gasteiger partial charge in [-0.25, -0.2) is 0 Å². The normalized spacial score (nSPS) is 33.9. The molecule has 3 nitrogen and oxygen atoms in total. The minimum atomic E-state index is -0.526. The van der Waals surface area contributed by atoms with Crippen molar-refractivity contribution in [3.8, 4) is 0 Å². The van der Waals surface area contributed by atoms with Gasteiger partial charge in [-0.3, -0.25) is 9.69 Å². The van der Waals surface area contributed by atoms with Crippen molar-refractivity contribution in [2.24, 2.45) is 11.3 Å². The summed E-state index contributed by atoms with van der Waals surface area (Å²) in [5, 5.41) is 9.91. The molecule has 3 fully saturated rings. The fourth-order valence-electron chi connectivity index (χ4n) is 5.16. The van der Waals surface area contributed by atoms with Gasteiger partial charge in [0.25, 0.3) is 0 Å². The minimum absolute atomic E-state index is 0.449. The van der Waals surface area contributed by atoms with Crippen molar-refractivity contribution in [1.82, 2.24) is 4.90 Å². The van der Waals surface area contributed by atoms with Gasteiger partial charge in [0.15, 0.2) is 0 Å². The van der Waals surface area contributed by atoms with E-state index in [0.29, 0.717) is 6.04 Å². The van der Waals surface area contributed by atoms with Crippen molar-refractivity contribution < 1.29 is 9.90 Å². The number of rotatable bonds is 3. The highest BCUT2D eigenvalue weighted by Crippen LogP contribution is 2.41. The van der Waals surface area contributed by atoms with Crippen LogP contribution in [0.25, 0.3) is 0 Å². The van der Waals surface area contributed by atoms with Gasteiger partial charge < -0.3 is 5.11 Å². The monoisotopic (exact) mass is 293 g/mol. The van der Waals surface area contributed by atoms with Gasteiger partial charge in [-0.2, -0.15) is 0 Å². The van der Waals surface area contributed by atoms with E-state index in [2.05, 4.69) is 4.90 Å². The van der Waals surface area contributed by atoms with Crippen LogP contribution < -0.4 is 0 Å². The zero-order chi connectivity index (χ0) is 14.7. The SMILES string of the molecule is O=C(O)C1(CN2CCCC3CCCCC32)CCCCCC1. The van der Waals surface area contributed by atoms with Gasteiger partial charge in [0.05, 0.1) is 5.41 Å².